The molecule has 0 aliphatic carbocycles. The van der Waals surface area contributed by atoms with Crippen LogP contribution in [0, 0.1) is 0 Å². The Morgan fingerprint density at radius 2 is 2.12 bits per heavy atom. The van der Waals surface area contributed by atoms with Gasteiger partial charge >= 0.3 is 0 Å². The molecule has 1 aromatic carbocycles. The van der Waals surface area contributed by atoms with Gasteiger partial charge in [-0.25, -0.2) is 0 Å². The van der Waals surface area contributed by atoms with Gasteiger partial charge in [0.05, 0.1) is 15.6 Å². The van der Waals surface area contributed by atoms with E-state index in [0.717, 1.165) is 19.3 Å². The molecule has 0 spiro atoms. The van der Waals surface area contributed by atoms with Gasteiger partial charge in [-0.3, -0.25) is 9.59 Å². The number of rotatable bonds is 4. The maximum atomic E-state index is 12.9. The van der Waals surface area contributed by atoms with Crippen molar-refractivity contribution in [1.82, 2.24) is 4.90 Å². The zero-order valence-electron chi connectivity index (χ0n) is 14.1. The van der Waals surface area contributed by atoms with Crippen molar-refractivity contribution in [3.05, 3.63) is 51.2 Å². The minimum absolute atomic E-state index is 0. The highest BCUT2D eigenvalue weighted by Crippen LogP contribution is 2.26. The maximum Gasteiger partial charge on any atom is 0.265 e. The number of carbonyl (C=O) groups is 2. The maximum absolute atomic E-state index is 12.9. The van der Waals surface area contributed by atoms with E-state index < -0.39 is 0 Å². The third-order valence-electron chi connectivity index (χ3n) is 4.37. The lowest BCUT2D eigenvalue weighted by molar-refractivity contribution is 0.0623. The quantitative estimate of drug-likeness (QED) is 0.793. The van der Waals surface area contributed by atoms with Crippen molar-refractivity contribution in [2.24, 2.45) is 5.73 Å². The van der Waals surface area contributed by atoms with Gasteiger partial charge in [-0.05, 0) is 48.9 Å². The fourth-order valence-corrected chi connectivity index (χ4v) is 3.81. The lowest BCUT2D eigenvalue weighted by Crippen LogP contribution is -2.47. The molecule has 3 N–H and O–H groups in total. The minimum Gasteiger partial charge on any atom is -0.334 e. The third-order valence-corrected chi connectivity index (χ3v) is 5.56. The van der Waals surface area contributed by atoms with Gasteiger partial charge in [0.2, 0.25) is 0 Å². The van der Waals surface area contributed by atoms with Crippen LogP contribution in [-0.2, 0) is 0 Å². The first kappa shape index (κ1) is 20.7. The number of anilines is 1. The minimum atomic E-state index is -0.237. The van der Waals surface area contributed by atoms with Crippen LogP contribution in [0.4, 0.5) is 5.69 Å². The van der Waals surface area contributed by atoms with Gasteiger partial charge in [0, 0.05) is 24.7 Å². The number of piperidine rings is 1. The van der Waals surface area contributed by atoms with Crippen LogP contribution in [0.1, 0.15) is 39.3 Å². The normalized spacial score (nSPS) is 16.7. The van der Waals surface area contributed by atoms with E-state index in [-0.39, 0.29) is 30.3 Å². The number of halogens is 2. The largest absolute Gasteiger partial charge is 0.334 e. The molecule has 2 heterocycles. The van der Waals surface area contributed by atoms with E-state index in [4.69, 9.17) is 17.3 Å². The van der Waals surface area contributed by atoms with Crippen molar-refractivity contribution in [3.8, 4) is 0 Å². The van der Waals surface area contributed by atoms with Crippen molar-refractivity contribution in [2.45, 2.75) is 25.3 Å². The number of benzene rings is 1. The first-order valence-electron chi connectivity index (χ1n) is 8.25. The number of hydrogen-bond donors (Lipinski definition) is 2. The fraction of sp³-hybridized carbons (Fsp3) is 0.333. The predicted octanol–water partition coefficient (Wildman–Crippen LogP) is 4.03. The molecule has 8 heteroatoms. The summed E-state index contributed by atoms with van der Waals surface area (Å²) in [6, 6.07) is 8.58. The number of carbonyl (C=O) groups excluding carboxylic acids is 2. The molecule has 1 unspecified atom stereocenters. The fourth-order valence-electron chi connectivity index (χ4n) is 3.02. The molecule has 3 rings (SSSR count). The summed E-state index contributed by atoms with van der Waals surface area (Å²) in [6.07, 6.45) is 3.00. The van der Waals surface area contributed by atoms with E-state index >= 15 is 0 Å². The van der Waals surface area contributed by atoms with Crippen LogP contribution >= 0.6 is 35.3 Å². The summed E-state index contributed by atoms with van der Waals surface area (Å²) in [5.74, 6) is -0.308. The Kier molecular flexibility index (Phi) is 7.46. The molecule has 1 aliphatic rings. The van der Waals surface area contributed by atoms with Gasteiger partial charge < -0.3 is 16.0 Å². The second kappa shape index (κ2) is 9.37. The van der Waals surface area contributed by atoms with Gasteiger partial charge in [-0.15, -0.1) is 23.7 Å². The number of likely N-dealkylation sites (tertiary alicyclic amines) is 1. The summed E-state index contributed by atoms with van der Waals surface area (Å²) in [6.45, 7) is 1.17. The molecule has 0 radical (unpaired) electrons. The molecular weight excluding hydrogens is 393 g/mol. The molecule has 0 saturated carbocycles. The second-order valence-electron chi connectivity index (χ2n) is 6.01. The van der Waals surface area contributed by atoms with E-state index in [9.17, 15) is 9.59 Å². The Morgan fingerprint density at radius 1 is 1.31 bits per heavy atom. The Bertz CT molecular complexity index is 768. The lowest BCUT2D eigenvalue weighted by Gasteiger charge is -2.35. The highest BCUT2D eigenvalue weighted by molar-refractivity contribution is 7.12. The molecule has 1 atom stereocenters. The van der Waals surface area contributed by atoms with E-state index in [2.05, 4.69) is 5.32 Å². The number of nitrogens with one attached hydrogen (secondary N) is 1. The molecule has 1 fully saturated rings. The van der Waals surface area contributed by atoms with E-state index in [1.807, 2.05) is 16.3 Å². The van der Waals surface area contributed by atoms with Crippen molar-refractivity contribution < 1.29 is 9.59 Å². The Hall–Kier alpha value is -1.60. The van der Waals surface area contributed by atoms with Crippen LogP contribution in [0.3, 0.4) is 0 Å². The van der Waals surface area contributed by atoms with Gasteiger partial charge in [0.1, 0.15) is 0 Å². The van der Waals surface area contributed by atoms with Gasteiger partial charge in [-0.1, -0.05) is 17.7 Å². The molecule has 2 amide bonds. The Morgan fingerprint density at radius 3 is 2.81 bits per heavy atom. The highest BCUT2D eigenvalue weighted by Gasteiger charge is 2.26. The van der Waals surface area contributed by atoms with E-state index in [1.165, 1.54) is 11.3 Å². The molecule has 140 valence electrons. The SMILES string of the molecule is Cl.NCC1CCCCN1C(=O)c1ccc(Cl)c(NC(=O)c2cccs2)c1. The average molecular weight is 414 g/mol. The number of amides is 2. The standard InChI is InChI=1S/C18H20ClN3O2S.ClH/c19-14-7-6-12(18(24)22-8-2-1-4-13(22)11-20)10-15(14)21-17(23)16-5-3-9-25-16;/h3,5-7,9-10,13H,1-2,4,8,11,20H2,(H,21,23);1H. The van der Waals surface area contributed by atoms with Gasteiger partial charge in [-0.2, -0.15) is 0 Å². The first-order valence-corrected chi connectivity index (χ1v) is 9.51. The molecule has 1 aliphatic heterocycles. The van der Waals surface area contributed by atoms with Gasteiger partial charge in [0.25, 0.3) is 11.8 Å². The van der Waals surface area contributed by atoms with E-state index in [1.54, 1.807) is 24.3 Å². The molecule has 1 aromatic heterocycles. The van der Waals surface area contributed by atoms with E-state index in [0.29, 0.717) is 34.2 Å². The monoisotopic (exact) mass is 413 g/mol. The first-order chi connectivity index (χ1) is 12.1. The zero-order chi connectivity index (χ0) is 17.8. The summed E-state index contributed by atoms with van der Waals surface area (Å²) >= 11 is 7.54. The van der Waals surface area contributed by atoms with Crippen molar-refractivity contribution in [1.29, 1.82) is 0 Å². The lowest BCUT2D eigenvalue weighted by atomic mass is 10.0. The van der Waals surface area contributed by atoms with Crippen LogP contribution in [0.2, 0.25) is 5.02 Å². The van der Waals surface area contributed by atoms with Crippen LogP contribution in [0.15, 0.2) is 35.7 Å². The van der Waals surface area contributed by atoms with Crippen molar-refractivity contribution in [3.63, 3.8) is 0 Å². The summed E-state index contributed by atoms with van der Waals surface area (Å²) in [5, 5.41) is 5.01. The van der Waals surface area contributed by atoms with Crippen molar-refractivity contribution in [2.75, 3.05) is 18.4 Å². The summed E-state index contributed by atoms with van der Waals surface area (Å²) in [5.41, 5.74) is 6.76. The second-order valence-corrected chi connectivity index (χ2v) is 7.36. The summed E-state index contributed by atoms with van der Waals surface area (Å²) in [7, 11) is 0. The number of thiophene rings is 1. The smallest absolute Gasteiger partial charge is 0.265 e. The van der Waals surface area contributed by atoms with Crippen LogP contribution in [0.5, 0.6) is 0 Å². The zero-order valence-corrected chi connectivity index (χ0v) is 16.5. The number of hydrogen-bond acceptors (Lipinski definition) is 4. The summed E-state index contributed by atoms with van der Waals surface area (Å²) < 4.78 is 0. The molecule has 0 bridgehead atoms. The van der Waals surface area contributed by atoms with Crippen LogP contribution < -0.4 is 11.1 Å². The average Bonchev–Trinajstić information content (AvgIpc) is 3.17. The molecule has 2 aromatic rings. The predicted molar refractivity (Wildman–Crippen MR) is 109 cm³/mol. The van der Waals surface area contributed by atoms with Crippen LogP contribution in [-0.4, -0.2) is 35.8 Å². The van der Waals surface area contributed by atoms with Crippen molar-refractivity contribution >= 4 is 52.8 Å². The Labute approximate surface area is 167 Å². The van der Waals surface area contributed by atoms with Crippen LogP contribution in [0.25, 0.3) is 0 Å². The molecule has 5 nitrogen and oxygen atoms in total. The highest BCUT2D eigenvalue weighted by atomic mass is 35.5. The topological polar surface area (TPSA) is 75.4 Å². The third kappa shape index (κ3) is 4.57. The summed E-state index contributed by atoms with van der Waals surface area (Å²) in [4.78, 5) is 27.5. The molecule has 26 heavy (non-hydrogen) atoms. The molecule has 1 saturated heterocycles. The number of nitrogens with two attached hydrogens (primary N) is 1. The molecular formula is C18H21Cl2N3O2S. The van der Waals surface area contributed by atoms with Gasteiger partial charge in [0.15, 0.2) is 0 Å². The number of nitrogens with zero attached hydrogens (tertiary/aromatic N) is 1. The Balaban J connectivity index is 0.00000243.